The zero-order valence-electron chi connectivity index (χ0n) is 6.35. The molecular formula is C9H15. The summed E-state index contributed by atoms with van der Waals surface area (Å²) in [6.45, 7) is 4.20. The first-order valence-corrected chi connectivity index (χ1v) is 3.58. The average Bonchev–Trinajstić information content (AvgIpc) is 1.89. The third-order valence-corrected chi connectivity index (χ3v) is 1.05. The molecule has 0 bridgehead atoms. The predicted molar refractivity (Wildman–Crippen MR) is 42.2 cm³/mol. The van der Waals surface area contributed by atoms with Crippen molar-refractivity contribution in [2.75, 3.05) is 0 Å². The molecule has 0 N–H and O–H groups in total. The maximum Gasteiger partial charge on any atom is -0.00980 e. The molecule has 1 radical (unpaired) electrons. The van der Waals surface area contributed by atoms with Gasteiger partial charge in [-0.05, 0) is 25.8 Å². The fourth-order valence-electron chi connectivity index (χ4n) is 0.516. The predicted octanol–water partition coefficient (Wildman–Crippen LogP) is 3.11. The third-order valence-electron chi connectivity index (χ3n) is 1.05. The van der Waals surface area contributed by atoms with Crippen LogP contribution in [0.2, 0.25) is 0 Å². The second kappa shape index (κ2) is 7.48. The summed E-state index contributed by atoms with van der Waals surface area (Å²) < 4.78 is 0. The molecule has 0 aromatic rings. The van der Waals surface area contributed by atoms with Gasteiger partial charge in [0.15, 0.2) is 0 Å². The second-order valence-corrected chi connectivity index (χ2v) is 1.97. The second-order valence-electron chi connectivity index (χ2n) is 1.97. The Kier molecular flexibility index (Phi) is 7.05. The van der Waals surface area contributed by atoms with E-state index in [1.165, 1.54) is 6.42 Å². The Morgan fingerprint density at radius 1 is 1.44 bits per heavy atom. The van der Waals surface area contributed by atoms with E-state index >= 15 is 0 Å². The number of hydrogen-bond donors (Lipinski definition) is 0. The molecule has 0 aromatic carbocycles. The summed E-state index contributed by atoms with van der Waals surface area (Å²) in [5.74, 6) is 0. The molecular weight excluding hydrogens is 108 g/mol. The molecule has 0 aliphatic heterocycles. The Morgan fingerprint density at radius 2 is 2.22 bits per heavy atom. The van der Waals surface area contributed by atoms with E-state index in [-0.39, 0.29) is 0 Å². The van der Waals surface area contributed by atoms with Gasteiger partial charge >= 0.3 is 0 Å². The van der Waals surface area contributed by atoms with E-state index in [1.807, 2.05) is 13.0 Å². The highest BCUT2D eigenvalue weighted by molar-refractivity contribution is 4.85. The van der Waals surface area contributed by atoms with Crippen molar-refractivity contribution < 1.29 is 0 Å². The molecule has 0 nitrogen and oxygen atoms in total. The molecule has 0 heteroatoms. The number of unbranched alkanes of at least 4 members (excludes halogenated alkanes) is 1. The molecule has 0 aliphatic carbocycles. The van der Waals surface area contributed by atoms with E-state index in [4.69, 9.17) is 0 Å². The van der Waals surface area contributed by atoms with Gasteiger partial charge in [0.25, 0.3) is 0 Å². The van der Waals surface area contributed by atoms with Gasteiger partial charge in [-0.2, -0.15) is 0 Å². The number of rotatable bonds is 4. The highest BCUT2D eigenvalue weighted by atomic mass is 13.8. The van der Waals surface area contributed by atoms with Gasteiger partial charge in [-0.15, -0.1) is 0 Å². The van der Waals surface area contributed by atoms with Crippen LogP contribution in [0, 0.1) is 6.08 Å². The van der Waals surface area contributed by atoms with Crippen molar-refractivity contribution in [3.63, 3.8) is 0 Å². The summed E-state index contributed by atoms with van der Waals surface area (Å²) in [6.07, 6.45) is 12.8. The van der Waals surface area contributed by atoms with E-state index in [0.717, 1.165) is 12.8 Å². The average molecular weight is 123 g/mol. The molecule has 0 spiro atoms. The molecule has 0 fully saturated rings. The lowest BCUT2D eigenvalue weighted by molar-refractivity contribution is 0.951. The molecule has 9 heavy (non-hydrogen) atoms. The lowest BCUT2D eigenvalue weighted by Crippen LogP contribution is -1.62. The molecule has 0 amide bonds. The molecule has 0 saturated heterocycles. The molecule has 0 unspecified atom stereocenters. The van der Waals surface area contributed by atoms with Crippen molar-refractivity contribution >= 4 is 0 Å². The van der Waals surface area contributed by atoms with Crippen LogP contribution in [0.4, 0.5) is 0 Å². The van der Waals surface area contributed by atoms with Crippen molar-refractivity contribution in [1.82, 2.24) is 0 Å². The van der Waals surface area contributed by atoms with E-state index in [1.54, 1.807) is 0 Å². The Morgan fingerprint density at radius 3 is 2.78 bits per heavy atom. The normalized spacial score (nSPS) is 11.8. The van der Waals surface area contributed by atoms with Crippen molar-refractivity contribution in [2.24, 2.45) is 0 Å². The minimum atomic E-state index is 0.969. The summed E-state index contributed by atoms with van der Waals surface area (Å²) in [6, 6.07) is 0. The van der Waals surface area contributed by atoms with Gasteiger partial charge in [-0.25, -0.2) is 0 Å². The minimum Gasteiger partial charge on any atom is -0.0913 e. The van der Waals surface area contributed by atoms with Gasteiger partial charge in [0.2, 0.25) is 0 Å². The van der Waals surface area contributed by atoms with E-state index < -0.39 is 0 Å². The van der Waals surface area contributed by atoms with Crippen LogP contribution in [0.5, 0.6) is 0 Å². The van der Waals surface area contributed by atoms with E-state index in [2.05, 4.69) is 25.2 Å². The molecule has 0 atom stereocenters. The first-order chi connectivity index (χ1) is 4.41. The Bertz CT molecular complexity index is 88.2. The van der Waals surface area contributed by atoms with E-state index in [9.17, 15) is 0 Å². The fourth-order valence-corrected chi connectivity index (χ4v) is 0.516. The van der Waals surface area contributed by atoms with Gasteiger partial charge in [0.1, 0.15) is 0 Å². The zero-order valence-corrected chi connectivity index (χ0v) is 6.35. The highest BCUT2D eigenvalue weighted by Crippen LogP contribution is 1.90. The molecule has 0 rings (SSSR count). The van der Waals surface area contributed by atoms with Gasteiger partial charge in [0, 0.05) is 0 Å². The molecule has 0 aromatic heterocycles. The van der Waals surface area contributed by atoms with Gasteiger partial charge in [-0.3, -0.25) is 0 Å². The summed E-state index contributed by atoms with van der Waals surface area (Å²) in [5.41, 5.74) is 0. The number of allylic oxidation sites excluding steroid dienone is 4. The maximum absolute atomic E-state index is 3.18. The summed E-state index contributed by atoms with van der Waals surface area (Å²) in [7, 11) is 0. The van der Waals surface area contributed by atoms with Crippen LogP contribution in [-0.2, 0) is 0 Å². The van der Waals surface area contributed by atoms with Crippen molar-refractivity contribution in [1.29, 1.82) is 0 Å². The van der Waals surface area contributed by atoms with Crippen molar-refractivity contribution in [3.8, 4) is 0 Å². The highest BCUT2D eigenvalue weighted by Gasteiger charge is 1.71. The third kappa shape index (κ3) is 7.48. The largest absolute Gasteiger partial charge is 0.0913 e. The van der Waals surface area contributed by atoms with E-state index in [0.29, 0.717) is 0 Å². The van der Waals surface area contributed by atoms with Crippen molar-refractivity contribution in [2.45, 2.75) is 33.1 Å². The Hall–Kier alpha value is -0.520. The van der Waals surface area contributed by atoms with Crippen LogP contribution < -0.4 is 0 Å². The Balaban J connectivity index is 3.04. The summed E-state index contributed by atoms with van der Waals surface area (Å²) in [5, 5.41) is 0. The maximum atomic E-state index is 3.18. The lowest BCUT2D eigenvalue weighted by Gasteiger charge is -1.81. The quantitative estimate of drug-likeness (QED) is 0.504. The first kappa shape index (κ1) is 8.48. The fraction of sp³-hybridized carbons (Fsp3) is 0.556. The standard InChI is InChI=1S/C9H15/c1-3-5-7-9-8-6-4-2/h3,5,8H,4,6-7H2,1-2H3. The molecule has 0 heterocycles. The Labute approximate surface area is 58.3 Å². The molecule has 0 saturated carbocycles. The lowest BCUT2D eigenvalue weighted by atomic mass is 10.3. The van der Waals surface area contributed by atoms with Gasteiger partial charge in [-0.1, -0.05) is 31.6 Å². The van der Waals surface area contributed by atoms with Crippen molar-refractivity contribution in [3.05, 3.63) is 24.3 Å². The van der Waals surface area contributed by atoms with Crippen LogP contribution >= 0.6 is 0 Å². The SMILES string of the molecule is CC=CC/[C]=C/CCC. The minimum absolute atomic E-state index is 0.969. The molecule has 0 aliphatic rings. The van der Waals surface area contributed by atoms with Crippen LogP contribution in [0.3, 0.4) is 0 Å². The monoisotopic (exact) mass is 123 g/mol. The first-order valence-electron chi connectivity index (χ1n) is 3.58. The number of hydrogen-bond acceptors (Lipinski definition) is 0. The van der Waals surface area contributed by atoms with Crippen LogP contribution in [0.25, 0.3) is 0 Å². The zero-order chi connectivity index (χ0) is 6.95. The molecule has 51 valence electrons. The van der Waals surface area contributed by atoms with Crippen LogP contribution in [-0.4, -0.2) is 0 Å². The van der Waals surface area contributed by atoms with Gasteiger partial charge in [0.05, 0.1) is 0 Å². The van der Waals surface area contributed by atoms with Crippen LogP contribution in [0.15, 0.2) is 18.2 Å². The smallest absolute Gasteiger partial charge is 0.00980 e. The topological polar surface area (TPSA) is 0 Å². The van der Waals surface area contributed by atoms with Gasteiger partial charge < -0.3 is 0 Å². The van der Waals surface area contributed by atoms with Crippen LogP contribution in [0.1, 0.15) is 33.1 Å². The summed E-state index contributed by atoms with van der Waals surface area (Å²) in [4.78, 5) is 0. The summed E-state index contributed by atoms with van der Waals surface area (Å²) >= 11 is 0.